The lowest BCUT2D eigenvalue weighted by atomic mass is 9.96. The molecule has 3 heterocycles. The first kappa shape index (κ1) is 26.3. The number of ether oxygens (including phenoxy) is 2. The summed E-state index contributed by atoms with van der Waals surface area (Å²) in [5.74, 6) is 0.116. The molecule has 5 rings (SSSR count). The largest absolute Gasteiger partial charge is 0.490 e. The molecule has 0 radical (unpaired) electrons. The molecule has 200 valence electrons. The van der Waals surface area contributed by atoms with Crippen molar-refractivity contribution in [2.24, 2.45) is 0 Å². The number of hydrogen-bond donors (Lipinski definition) is 0. The Bertz CT molecular complexity index is 1290. The number of carbonyl (C=O) groups excluding carboxylic acids is 2. The lowest BCUT2D eigenvalue weighted by molar-refractivity contribution is -0.153. The smallest absolute Gasteiger partial charge is 0.289 e. The predicted octanol–water partition coefficient (Wildman–Crippen LogP) is 5.43. The Balaban J connectivity index is 1.35. The standard InChI is InChI=1S/C29H30ClFN2O5/c30-21-7-6-8-22(17-21)36-20-29(18-27(34)32-13-4-1-5-14-32)19-33(15-16-37-29)28(35)26-12-11-25(38-26)23-9-2-3-10-24(23)31/h2-3,6-12,17H,1,4-5,13-16,18-20H2/t29-/m0/s1. The molecule has 0 saturated carbocycles. The van der Waals surface area contributed by atoms with Gasteiger partial charge in [-0.2, -0.15) is 0 Å². The fraction of sp³-hybridized carbons (Fsp3) is 0.379. The molecule has 0 aliphatic carbocycles. The van der Waals surface area contributed by atoms with E-state index < -0.39 is 11.4 Å². The first-order chi connectivity index (χ1) is 18.4. The maximum Gasteiger partial charge on any atom is 0.289 e. The molecule has 0 bridgehead atoms. The zero-order valence-electron chi connectivity index (χ0n) is 21.0. The minimum absolute atomic E-state index is 0.0199. The number of likely N-dealkylation sites (tertiary alicyclic amines) is 1. The van der Waals surface area contributed by atoms with Gasteiger partial charge in [0.05, 0.1) is 25.1 Å². The summed E-state index contributed by atoms with van der Waals surface area (Å²) in [7, 11) is 0. The van der Waals surface area contributed by atoms with E-state index in [2.05, 4.69) is 0 Å². The SMILES string of the molecule is O=C(C[C@@]1(COc2cccc(Cl)c2)CN(C(=O)c2ccc(-c3ccccc3F)o2)CCO1)N1CCCCC1. The number of benzene rings is 2. The van der Waals surface area contributed by atoms with Crippen molar-refractivity contribution in [3.63, 3.8) is 0 Å². The minimum atomic E-state index is -1.05. The molecule has 38 heavy (non-hydrogen) atoms. The highest BCUT2D eigenvalue weighted by Crippen LogP contribution is 2.30. The van der Waals surface area contributed by atoms with Crippen molar-refractivity contribution in [2.75, 3.05) is 39.4 Å². The fourth-order valence-electron chi connectivity index (χ4n) is 4.98. The first-order valence-electron chi connectivity index (χ1n) is 12.9. The van der Waals surface area contributed by atoms with Crippen LogP contribution >= 0.6 is 11.6 Å². The van der Waals surface area contributed by atoms with E-state index in [0.717, 1.165) is 32.4 Å². The average molecular weight is 541 g/mol. The van der Waals surface area contributed by atoms with Crippen LogP contribution < -0.4 is 4.74 Å². The Morgan fingerprint density at radius 2 is 1.79 bits per heavy atom. The molecule has 2 aliphatic heterocycles. The highest BCUT2D eigenvalue weighted by molar-refractivity contribution is 6.30. The molecule has 1 aromatic heterocycles. The van der Waals surface area contributed by atoms with Crippen LogP contribution in [0.4, 0.5) is 4.39 Å². The summed E-state index contributed by atoms with van der Waals surface area (Å²) in [4.78, 5) is 30.2. The lowest BCUT2D eigenvalue weighted by Crippen LogP contribution is -2.58. The van der Waals surface area contributed by atoms with Crippen LogP contribution in [0.5, 0.6) is 5.75 Å². The van der Waals surface area contributed by atoms with Gasteiger partial charge in [-0.15, -0.1) is 0 Å². The van der Waals surface area contributed by atoms with Gasteiger partial charge in [0.1, 0.15) is 29.5 Å². The molecular formula is C29H30ClFN2O5. The second-order valence-electron chi connectivity index (χ2n) is 9.77. The van der Waals surface area contributed by atoms with Crippen molar-refractivity contribution in [2.45, 2.75) is 31.3 Å². The van der Waals surface area contributed by atoms with Crippen molar-refractivity contribution in [1.29, 1.82) is 0 Å². The van der Waals surface area contributed by atoms with E-state index in [0.29, 0.717) is 17.3 Å². The summed E-state index contributed by atoms with van der Waals surface area (Å²) < 4.78 is 32.2. The fourth-order valence-corrected chi connectivity index (χ4v) is 5.16. The number of amides is 2. The highest BCUT2D eigenvalue weighted by Gasteiger charge is 2.43. The van der Waals surface area contributed by atoms with E-state index >= 15 is 0 Å². The summed E-state index contributed by atoms with van der Waals surface area (Å²) in [5, 5.41) is 0.533. The number of morpholine rings is 1. The Labute approximate surface area is 226 Å². The van der Waals surface area contributed by atoms with Gasteiger partial charge < -0.3 is 23.7 Å². The van der Waals surface area contributed by atoms with Crippen LogP contribution in [0.3, 0.4) is 0 Å². The van der Waals surface area contributed by atoms with Crippen LogP contribution in [0.2, 0.25) is 5.02 Å². The van der Waals surface area contributed by atoms with E-state index in [4.69, 9.17) is 25.5 Å². The summed E-state index contributed by atoms with van der Waals surface area (Å²) >= 11 is 6.12. The Hall–Kier alpha value is -3.36. The third-order valence-corrected chi connectivity index (χ3v) is 7.21. The van der Waals surface area contributed by atoms with Crippen LogP contribution in [-0.4, -0.2) is 66.6 Å². The van der Waals surface area contributed by atoms with Crippen LogP contribution in [0, 0.1) is 5.82 Å². The van der Waals surface area contributed by atoms with Gasteiger partial charge in [-0.3, -0.25) is 9.59 Å². The molecule has 7 nitrogen and oxygen atoms in total. The van der Waals surface area contributed by atoms with Gasteiger partial charge in [0.15, 0.2) is 5.76 Å². The van der Waals surface area contributed by atoms with E-state index in [1.54, 1.807) is 59.5 Å². The molecule has 2 aliphatic rings. The van der Waals surface area contributed by atoms with E-state index in [-0.39, 0.29) is 55.1 Å². The van der Waals surface area contributed by atoms with Gasteiger partial charge >= 0.3 is 0 Å². The van der Waals surface area contributed by atoms with Crippen LogP contribution in [-0.2, 0) is 9.53 Å². The number of carbonyl (C=O) groups is 2. The Kier molecular flexibility index (Phi) is 8.00. The zero-order valence-corrected chi connectivity index (χ0v) is 21.8. The maximum atomic E-state index is 14.2. The topological polar surface area (TPSA) is 72.2 Å². The molecule has 3 aromatic rings. The van der Waals surface area contributed by atoms with Gasteiger partial charge in [0.2, 0.25) is 5.91 Å². The van der Waals surface area contributed by atoms with Crippen molar-refractivity contribution in [3.8, 4) is 17.1 Å². The predicted molar refractivity (Wildman–Crippen MR) is 141 cm³/mol. The molecule has 0 unspecified atom stereocenters. The molecule has 0 spiro atoms. The Morgan fingerprint density at radius 3 is 2.58 bits per heavy atom. The average Bonchev–Trinajstić information content (AvgIpc) is 3.43. The second-order valence-corrected chi connectivity index (χ2v) is 10.2. The van der Waals surface area contributed by atoms with Gasteiger partial charge in [0, 0.05) is 24.7 Å². The van der Waals surface area contributed by atoms with Crippen LogP contribution in [0.25, 0.3) is 11.3 Å². The summed E-state index contributed by atoms with van der Waals surface area (Å²) in [6.45, 7) is 2.21. The third kappa shape index (κ3) is 6.03. The van der Waals surface area contributed by atoms with Gasteiger partial charge in [-0.05, 0) is 61.7 Å². The third-order valence-electron chi connectivity index (χ3n) is 6.97. The van der Waals surface area contributed by atoms with Crippen molar-refractivity contribution in [3.05, 3.63) is 77.3 Å². The zero-order chi connectivity index (χ0) is 26.5. The van der Waals surface area contributed by atoms with E-state index in [1.165, 1.54) is 6.07 Å². The number of rotatable bonds is 7. The van der Waals surface area contributed by atoms with E-state index in [9.17, 15) is 14.0 Å². The monoisotopic (exact) mass is 540 g/mol. The molecule has 2 amide bonds. The summed E-state index contributed by atoms with van der Waals surface area (Å²) in [6.07, 6.45) is 3.15. The molecule has 0 N–H and O–H groups in total. The lowest BCUT2D eigenvalue weighted by Gasteiger charge is -2.43. The van der Waals surface area contributed by atoms with Crippen molar-refractivity contribution in [1.82, 2.24) is 9.80 Å². The molecule has 9 heteroatoms. The molecule has 2 saturated heterocycles. The molecule has 2 aromatic carbocycles. The van der Waals surface area contributed by atoms with Crippen molar-refractivity contribution >= 4 is 23.4 Å². The quantitative estimate of drug-likeness (QED) is 0.399. The Morgan fingerprint density at radius 1 is 0.974 bits per heavy atom. The number of piperidine rings is 1. The number of hydrogen-bond acceptors (Lipinski definition) is 5. The maximum absolute atomic E-state index is 14.2. The second kappa shape index (κ2) is 11.6. The number of halogens is 2. The van der Waals surface area contributed by atoms with Gasteiger partial charge in [-0.25, -0.2) is 4.39 Å². The number of furan rings is 1. The van der Waals surface area contributed by atoms with E-state index in [1.807, 2.05) is 4.90 Å². The minimum Gasteiger partial charge on any atom is -0.490 e. The van der Waals surface area contributed by atoms with Crippen LogP contribution in [0.15, 0.2) is 65.1 Å². The molecular weight excluding hydrogens is 511 g/mol. The summed E-state index contributed by atoms with van der Waals surface area (Å²) in [6, 6.07) is 16.4. The van der Waals surface area contributed by atoms with Gasteiger partial charge in [-0.1, -0.05) is 29.8 Å². The van der Waals surface area contributed by atoms with Gasteiger partial charge in [0.25, 0.3) is 5.91 Å². The normalized spacial score (nSPS) is 19.8. The van der Waals surface area contributed by atoms with Crippen LogP contribution in [0.1, 0.15) is 36.2 Å². The molecule has 1 atom stereocenters. The summed E-state index contributed by atoms with van der Waals surface area (Å²) in [5.41, 5.74) is -0.768. The molecule has 2 fully saturated rings. The number of nitrogens with zero attached hydrogens (tertiary/aromatic N) is 2. The first-order valence-corrected chi connectivity index (χ1v) is 13.2. The highest BCUT2D eigenvalue weighted by atomic mass is 35.5. The van der Waals surface area contributed by atoms with Crippen molar-refractivity contribution < 1.29 is 27.9 Å².